The monoisotopic (exact) mass is 416 g/mol. The molecular weight excluding hydrogens is 399 g/mol. The molecule has 9 heteroatoms. The van der Waals surface area contributed by atoms with Crippen LogP contribution in [-0.2, 0) is 0 Å². The summed E-state index contributed by atoms with van der Waals surface area (Å²) in [6.07, 6.45) is 5.53. The summed E-state index contributed by atoms with van der Waals surface area (Å²) in [6, 6.07) is 15.8. The quantitative estimate of drug-likeness (QED) is 0.487. The number of aromatic nitrogens is 4. The summed E-state index contributed by atoms with van der Waals surface area (Å²) in [5.74, 6) is -0.628. The van der Waals surface area contributed by atoms with Crippen LogP contribution in [0.15, 0.2) is 99.9 Å². The first-order valence-electron chi connectivity index (χ1n) is 9.26. The minimum atomic E-state index is -0.628. The first-order chi connectivity index (χ1) is 15.1. The Morgan fingerprint density at radius 3 is 2.58 bits per heavy atom. The third-order valence-corrected chi connectivity index (χ3v) is 4.40. The topological polar surface area (TPSA) is 111 Å². The molecule has 154 valence electrons. The van der Waals surface area contributed by atoms with Gasteiger partial charge in [0.2, 0.25) is 5.43 Å². The number of nitrogens with zero attached hydrogens (tertiary/aromatic N) is 4. The number of halogens is 1. The molecule has 31 heavy (non-hydrogen) atoms. The third-order valence-electron chi connectivity index (χ3n) is 4.40. The van der Waals surface area contributed by atoms with Crippen molar-refractivity contribution in [2.75, 3.05) is 0 Å². The lowest BCUT2D eigenvalue weighted by Gasteiger charge is -2.10. The van der Waals surface area contributed by atoms with Crippen molar-refractivity contribution in [2.24, 2.45) is 10.7 Å². The van der Waals surface area contributed by atoms with E-state index >= 15 is 0 Å². The average Bonchev–Trinajstić information content (AvgIpc) is 3.20. The van der Waals surface area contributed by atoms with Gasteiger partial charge in [-0.25, -0.2) is 18.7 Å². The van der Waals surface area contributed by atoms with Gasteiger partial charge in [-0.15, -0.1) is 0 Å². The van der Waals surface area contributed by atoms with Crippen LogP contribution in [0.3, 0.4) is 0 Å². The molecule has 0 aliphatic heterocycles. The third kappa shape index (κ3) is 4.10. The molecule has 0 aliphatic carbocycles. The van der Waals surface area contributed by atoms with E-state index in [9.17, 15) is 14.0 Å². The average molecular weight is 416 g/mol. The number of H-pyrrole nitrogens is 1. The predicted octanol–water partition coefficient (Wildman–Crippen LogP) is 2.44. The Morgan fingerprint density at radius 1 is 1.10 bits per heavy atom. The van der Waals surface area contributed by atoms with Crippen LogP contribution in [0.1, 0.15) is 5.69 Å². The van der Waals surface area contributed by atoms with Crippen molar-refractivity contribution in [3.05, 3.63) is 117 Å². The van der Waals surface area contributed by atoms with E-state index in [2.05, 4.69) is 15.2 Å². The minimum Gasteiger partial charge on any atom is -0.405 e. The van der Waals surface area contributed by atoms with Crippen LogP contribution in [0.25, 0.3) is 11.4 Å². The molecule has 0 radical (unpaired) electrons. The number of hydrogen-bond acceptors (Lipinski definition) is 5. The zero-order valence-corrected chi connectivity index (χ0v) is 16.1. The normalized spacial score (nSPS) is 11.8. The number of nitrogens with two attached hydrogens (primary N) is 1. The van der Waals surface area contributed by atoms with Crippen LogP contribution >= 0.6 is 0 Å². The van der Waals surface area contributed by atoms with Gasteiger partial charge in [0.25, 0.3) is 5.56 Å². The highest BCUT2D eigenvalue weighted by atomic mass is 19.1. The number of allylic oxidation sites excluding steroid dienone is 1. The number of aliphatic imine (C=N–C) groups is 1. The van der Waals surface area contributed by atoms with Gasteiger partial charge in [0.05, 0.1) is 17.1 Å². The van der Waals surface area contributed by atoms with Gasteiger partial charge in [-0.05, 0) is 36.5 Å². The van der Waals surface area contributed by atoms with Crippen LogP contribution in [0.2, 0.25) is 0 Å². The van der Waals surface area contributed by atoms with Crippen molar-refractivity contribution in [1.29, 1.82) is 0 Å². The van der Waals surface area contributed by atoms with Crippen LogP contribution in [0.5, 0.6) is 0 Å². The fraction of sp³-hybridized carbons (Fsp3) is 0. The Hall–Kier alpha value is -4.53. The molecule has 2 heterocycles. The van der Waals surface area contributed by atoms with E-state index in [1.54, 1.807) is 18.2 Å². The molecule has 0 amide bonds. The predicted molar refractivity (Wildman–Crippen MR) is 116 cm³/mol. The van der Waals surface area contributed by atoms with Crippen molar-refractivity contribution in [3.8, 4) is 11.4 Å². The molecule has 0 saturated carbocycles. The molecule has 3 N–H and O–H groups in total. The fourth-order valence-corrected chi connectivity index (χ4v) is 2.96. The van der Waals surface area contributed by atoms with Crippen LogP contribution in [-0.4, -0.2) is 25.3 Å². The molecule has 8 nitrogen and oxygen atoms in total. The summed E-state index contributed by atoms with van der Waals surface area (Å²) in [4.78, 5) is 28.7. The molecule has 4 rings (SSSR count). The molecule has 0 aliphatic rings. The number of benzene rings is 2. The second-order valence-corrected chi connectivity index (χ2v) is 6.44. The van der Waals surface area contributed by atoms with E-state index in [0.29, 0.717) is 11.4 Å². The van der Waals surface area contributed by atoms with E-state index in [1.165, 1.54) is 58.3 Å². The zero-order chi connectivity index (χ0) is 21.8. The Labute approximate surface area is 175 Å². The Morgan fingerprint density at radius 2 is 1.90 bits per heavy atom. The van der Waals surface area contributed by atoms with Crippen molar-refractivity contribution >= 4 is 11.4 Å². The highest BCUT2D eigenvalue weighted by molar-refractivity contribution is 6.08. The maximum Gasteiger partial charge on any atom is 0.271 e. The lowest BCUT2D eigenvalue weighted by atomic mass is 10.2. The van der Waals surface area contributed by atoms with Gasteiger partial charge in [0, 0.05) is 30.6 Å². The highest BCUT2D eigenvalue weighted by Gasteiger charge is 2.13. The Balaban J connectivity index is 1.79. The van der Waals surface area contributed by atoms with Crippen molar-refractivity contribution in [2.45, 2.75) is 0 Å². The Bertz CT molecular complexity index is 1400. The summed E-state index contributed by atoms with van der Waals surface area (Å²) in [7, 11) is 0. The number of rotatable bonds is 5. The molecule has 4 aromatic rings. The van der Waals surface area contributed by atoms with Crippen LogP contribution in [0, 0.1) is 5.82 Å². The molecule has 2 aromatic heterocycles. The highest BCUT2D eigenvalue weighted by Crippen LogP contribution is 2.16. The molecule has 0 bridgehead atoms. The van der Waals surface area contributed by atoms with E-state index < -0.39 is 5.82 Å². The van der Waals surface area contributed by atoms with E-state index in [0.717, 1.165) is 0 Å². The lowest BCUT2D eigenvalue weighted by Crippen LogP contribution is -2.21. The Kier molecular flexibility index (Phi) is 5.39. The second-order valence-electron chi connectivity index (χ2n) is 6.44. The largest absolute Gasteiger partial charge is 0.405 e. The maximum absolute atomic E-state index is 14.9. The maximum atomic E-state index is 14.9. The first-order valence-corrected chi connectivity index (χ1v) is 9.26. The molecule has 0 unspecified atom stereocenters. The molecule has 0 fully saturated rings. The van der Waals surface area contributed by atoms with Gasteiger partial charge < -0.3 is 5.73 Å². The van der Waals surface area contributed by atoms with Gasteiger partial charge in [0.15, 0.2) is 11.5 Å². The van der Waals surface area contributed by atoms with Crippen LogP contribution in [0.4, 0.5) is 10.1 Å². The first kappa shape index (κ1) is 19.8. The SMILES string of the molecule is NC=CC(=Nc1ccccc1)c1nn(-c2ccc(-n3[nH]ccc3=O)cc2F)ccc1=O. The standard InChI is InChI=1S/C22H17FN6O2/c23-17-14-16(29-21(31)9-12-25-29)6-7-19(17)28-13-10-20(30)22(27-28)18(8-11-24)26-15-4-2-1-3-5-15/h1-14,25H,24H2. The van der Waals surface area contributed by atoms with E-state index in [4.69, 9.17) is 5.73 Å². The van der Waals surface area contributed by atoms with E-state index in [-0.39, 0.29) is 28.1 Å². The van der Waals surface area contributed by atoms with Crippen molar-refractivity contribution in [3.63, 3.8) is 0 Å². The molecule has 0 atom stereocenters. The van der Waals surface area contributed by atoms with E-state index in [1.807, 2.05) is 18.2 Å². The lowest BCUT2D eigenvalue weighted by molar-refractivity contribution is 0.605. The molecular formula is C22H17FN6O2. The molecule has 2 aromatic carbocycles. The van der Waals surface area contributed by atoms with Crippen LogP contribution < -0.4 is 16.7 Å². The zero-order valence-electron chi connectivity index (χ0n) is 16.1. The van der Waals surface area contributed by atoms with Crippen molar-refractivity contribution < 1.29 is 4.39 Å². The summed E-state index contributed by atoms with van der Waals surface area (Å²) >= 11 is 0. The number of nitrogens with one attached hydrogen (secondary N) is 1. The number of aromatic amines is 1. The fourth-order valence-electron chi connectivity index (χ4n) is 2.96. The van der Waals surface area contributed by atoms with Gasteiger partial charge >= 0.3 is 0 Å². The summed E-state index contributed by atoms with van der Waals surface area (Å²) in [5.41, 5.74) is 6.11. The van der Waals surface area contributed by atoms with Gasteiger partial charge in [-0.1, -0.05) is 18.2 Å². The van der Waals surface area contributed by atoms with Crippen molar-refractivity contribution in [1.82, 2.24) is 19.6 Å². The smallest absolute Gasteiger partial charge is 0.271 e. The summed E-state index contributed by atoms with van der Waals surface area (Å²) in [5, 5.41) is 6.99. The molecule has 0 spiro atoms. The van der Waals surface area contributed by atoms with Gasteiger partial charge in [-0.2, -0.15) is 5.10 Å². The number of para-hydroxylation sites is 1. The second kappa shape index (κ2) is 8.46. The molecule has 0 saturated heterocycles. The minimum absolute atomic E-state index is 0.0112. The van der Waals surface area contributed by atoms with Gasteiger partial charge in [0.1, 0.15) is 5.69 Å². The van der Waals surface area contributed by atoms with Gasteiger partial charge in [-0.3, -0.25) is 14.7 Å². The summed E-state index contributed by atoms with van der Waals surface area (Å²) < 4.78 is 17.3. The number of hydrogen-bond donors (Lipinski definition) is 2. The summed E-state index contributed by atoms with van der Waals surface area (Å²) in [6.45, 7) is 0.